The number of nitrogens with zero attached hydrogens (tertiary/aromatic N) is 1. The molecule has 0 amide bonds. The summed E-state index contributed by atoms with van der Waals surface area (Å²) in [5.41, 5.74) is 6.76. The van der Waals surface area contributed by atoms with Gasteiger partial charge < -0.3 is 10.5 Å². The minimum atomic E-state index is -0.305. The molecule has 1 aliphatic heterocycles. The van der Waals surface area contributed by atoms with E-state index in [9.17, 15) is 4.39 Å². The van der Waals surface area contributed by atoms with Crippen LogP contribution in [0.2, 0.25) is 5.02 Å². The van der Waals surface area contributed by atoms with Crippen molar-refractivity contribution in [3.05, 3.63) is 34.6 Å². The van der Waals surface area contributed by atoms with Crippen molar-refractivity contribution in [3.63, 3.8) is 0 Å². The van der Waals surface area contributed by atoms with Crippen molar-refractivity contribution in [2.45, 2.75) is 18.9 Å². The van der Waals surface area contributed by atoms with Crippen LogP contribution in [0.3, 0.4) is 0 Å². The molecule has 1 aliphatic rings. The number of methoxy groups -OCH3 is 1. The van der Waals surface area contributed by atoms with E-state index in [0.717, 1.165) is 38.1 Å². The van der Waals surface area contributed by atoms with Crippen molar-refractivity contribution in [3.8, 4) is 0 Å². The van der Waals surface area contributed by atoms with Gasteiger partial charge in [0.2, 0.25) is 0 Å². The fraction of sp³-hybridized carbons (Fsp3) is 0.600. The Labute approximate surface area is 124 Å². The minimum Gasteiger partial charge on any atom is -0.384 e. The average molecular weight is 301 g/mol. The van der Waals surface area contributed by atoms with Gasteiger partial charge in [-0.3, -0.25) is 4.90 Å². The number of nitrogens with two attached hydrogens (primary N) is 1. The molecule has 1 aromatic carbocycles. The Hall–Kier alpha value is -0.680. The normalized spacial score (nSPS) is 19.2. The highest BCUT2D eigenvalue weighted by molar-refractivity contribution is 6.30. The zero-order valence-electron chi connectivity index (χ0n) is 11.8. The van der Waals surface area contributed by atoms with E-state index in [1.807, 2.05) is 6.07 Å². The topological polar surface area (TPSA) is 38.5 Å². The standard InChI is InChI=1S/C15H22ClFN2O/c1-20-10-11-2-4-19(5-3-11)15(9-18)12-6-13(16)8-14(17)7-12/h6-8,11,15H,2-5,9-10,18H2,1H3. The Morgan fingerprint density at radius 1 is 1.40 bits per heavy atom. The summed E-state index contributed by atoms with van der Waals surface area (Å²) in [4.78, 5) is 2.32. The molecule has 0 radical (unpaired) electrons. The lowest BCUT2D eigenvalue weighted by Crippen LogP contribution is -2.40. The van der Waals surface area contributed by atoms with E-state index in [1.54, 1.807) is 7.11 Å². The van der Waals surface area contributed by atoms with E-state index < -0.39 is 0 Å². The van der Waals surface area contributed by atoms with Gasteiger partial charge in [-0.1, -0.05) is 11.6 Å². The van der Waals surface area contributed by atoms with Crippen LogP contribution in [-0.2, 0) is 4.74 Å². The molecule has 1 atom stereocenters. The second-order valence-corrected chi connectivity index (χ2v) is 5.83. The number of hydrogen-bond donors (Lipinski definition) is 1. The summed E-state index contributed by atoms with van der Waals surface area (Å²) in [7, 11) is 1.74. The Morgan fingerprint density at radius 3 is 2.65 bits per heavy atom. The van der Waals surface area contributed by atoms with Gasteiger partial charge in [-0.25, -0.2) is 4.39 Å². The van der Waals surface area contributed by atoms with Crippen LogP contribution >= 0.6 is 11.6 Å². The summed E-state index contributed by atoms with van der Waals surface area (Å²) in [5, 5.41) is 0.424. The molecule has 2 rings (SSSR count). The number of hydrogen-bond acceptors (Lipinski definition) is 3. The monoisotopic (exact) mass is 300 g/mol. The second kappa shape index (κ2) is 7.36. The van der Waals surface area contributed by atoms with E-state index in [1.165, 1.54) is 12.1 Å². The van der Waals surface area contributed by atoms with Crippen molar-refractivity contribution in [1.82, 2.24) is 4.90 Å². The summed E-state index contributed by atoms with van der Waals surface area (Å²) in [6.07, 6.45) is 2.18. The van der Waals surface area contributed by atoms with Crippen molar-refractivity contribution in [2.75, 3.05) is 33.4 Å². The van der Waals surface area contributed by atoms with Crippen LogP contribution in [0.1, 0.15) is 24.4 Å². The first-order valence-corrected chi connectivity index (χ1v) is 7.41. The third-order valence-corrected chi connectivity index (χ3v) is 4.20. The molecule has 0 aliphatic carbocycles. The summed E-state index contributed by atoms with van der Waals surface area (Å²) in [6, 6.07) is 4.70. The van der Waals surface area contributed by atoms with Crippen molar-refractivity contribution in [1.29, 1.82) is 0 Å². The highest BCUT2D eigenvalue weighted by atomic mass is 35.5. The molecular weight excluding hydrogens is 279 g/mol. The average Bonchev–Trinajstić information content (AvgIpc) is 2.41. The van der Waals surface area contributed by atoms with Gasteiger partial charge >= 0.3 is 0 Å². The number of piperidine rings is 1. The predicted molar refractivity (Wildman–Crippen MR) is 79.4 cm³/mol. The molecule has 3 nitrogen and oxygen atoms in total. The molecular formula is C15H22ClFN2O. The molecule has 0 spiro atoms. The lowest BCUT2D eigenvalue weighted by Gasteiger charge is -2.37. The third kappa shape index (κ3) is 3.92. The van der Waals surface area contributed by atoms with Crippen LogP contribution in [0.25, 0.3) is 0 Å². The summed E-state index contributed by atoms with van der Waals surface area (Å²) in [5.74, 6) is 0.311. The summed E-state index contributed by atoms with van der Waals surface area (Å²) in [6.45, 7) is 3.20. The van der Waals surface area contributed by atoms with E-state index in [0.29, 0.717) is 17.5 Å². The molecule has 1 unspecified atom stereocenters. The number of likely N-dealkylation sites (tertiary alicyclic amines) is 1. The first-order valence-electron chi connectivity index (χ1n) is 7.03. The third-order valence-electron chi connectivity index (χ3n) is 3.99. The molecule has 1 aromatic rings. The smallest absolute Gasteiger partial charge is 0.125 e. The Bertz CT molecular complexity index is 416. The van der Waals surface area contributed by atoms with Gasteiger partial charge in [0.25, 0.3) is 0 Å². The highest BCUT2D eigenvalue weighted by Crippen LogP contribution is 2.28. The van der Waals surface area contributed by atoms with E-state index in [2.05, 4.69) is 4.90 Å². The van der Waals surface area contributed by atoms with Crippen molar-refractivity contribution < 1.29 is 9.13 Å². The molecule has 1 heterocycles. The van der Waals surface area contributed by atoms with Crippen LogP contribution in [0.4, 0.5) is 4.39 Å². The fourth-order valence-electron chi connectivity index (χ4n) is 2.93. The Morgan fingerprint density at radius 2 is 2.10 bits per heavy atom. The molecule has 0 saturated carbocycles. The SMILES string of the molecule is COCC1CCN(C(CN)c2cc(F)cc(Cl)c2)CC1. The molecule has 0 bridgehead atoms. The zero-order valence-corrected chi connectivity index (χ0v) is 12.6. The van der Waals surface area contributed by atoms with Gasteiger partial charge in [-0.05, 0) is 55.6 Å². The van der Waals surface area contributed by atoms with Crippen LogP contribution in [0.15, 0.2) is 18.2 Å². The van der Waals surface area contributed by atoms with Gasteiger partial charge in [0.05, 0.1) is 0 Å². The van der Waals surface area contributed by atoms with Crippen molar-refractivity contribution in [2.24, 2.45) is 11.7 Å². The van der Waals surface area contributed by atoms with Gasteiger partial charge in [-0.2, -0.15) is 0 Å². The lowest BCUT2D eigenvalue weighted by atomic mass is 9.95. The quantitative estimate of drug-likeness (QED) is 0.909. The van der Waals surface area contributed by atoms with Crippen LogP contribution in [0, 0.1) is 11.7 Å². The number of rotatable bonds is 5. The molecule has 20 heavy (non-hydrogen) atoms. The molecule has 2 N–H and O–H groups in total. The molecule has 5 heteroatoms. The maximum absolute atomic E-state index is 13.5. The highest BCUT2D eigenvalue weighted by Gasteiger charge is 2.25. The van der Waals surface area contributed by atoms with E-state index in [-0.39, 0.29) is 11.9 Å². The van der Waals surface area contributed by atoms with Gasteiger partial charge in [0.1, 0.15) is 5.82 Å². The van der Waals surface area contributed by atoms with Gasteiger partial charge in [0.15, 0.2) is 0 Å². The molecule has 1 saturated heterocycles. The number of halogens is 2. The van der Waals surface area contributed by atoms with E-state index in [4.69, 9.17) is 22.1 Å². The maximum atomic E-state index is 13.5. The summed E-state index contributed by atoms with van der Waals surface area (Å²) >= 11 is 5.94. The maximum Gasteiger partial charge on any atom is 0.125 e. The largest absolute Gasteiger partial charge is 0.384 e. The van der Waals surface area contributed by atoms with Gasteiger partial charge in [-0.15, -0.1) is 0 Å². The van der Waals surface area contributed by atoms with Crippen molar-refractivity contribution >= 4 is 11.6 Å². The second-order valence-electron chi connectivity index (χ2n) is 5.39. The molecule has 0 aromatic heterocycles. The Balaban J connectivity index is 2.05. The number of ether oxygens (including phenoxy) is 1. The lowest BCUT2D eigenvalue weighted by molar-refractivity contribution is 0.0810. The molecule has 112 valence electrons. The van der Waals surface area contributed by atoms with Gasteiger partial charge in [0, 0.05) is 31.3 Å². The predicted octanol–water partition coefficient (Wildman–Crippen LogP) is 2.84. The first kappa shape index (κ1) is 15.7. The van der Waals surface area contributed by atoms with E-state index >= 15 is 0 Å². The molecule has 1 fully saturated rings. The minimum absolute atomic E-state index is 0.0340. The summed E-state index contributed by atoms with van der Waals surface area (Å²) < 4.78 is 18.7. The van der Waals surface area contributed by atoms with Crippen LogP contribution in [-0.4, -0.2) is 38.3 Å². The first-order chi connectivity index (χ1) is 9.63. The Kier molecular flexibility index (Phi) is 5.78. The number of benzene rings is 1. The van der Waals surface area contributed by atoms with Crippen LogP contribution < -0.4 is 5.73 Å². The van der Waals surface area contributed by atoms with Crippen LogP contribution in [0.5, 0.6) is 0 Å². The zero-order chi connectivity index (χ0) is 14.5. The fourth-order valence-corrected chi connectivity index (χ4v) is 3.16.